The summed E-state index contributed by atoms with van der Waals surface area (Å²) in [5.41, 5.74) is 6.66. The number of nitrogens with zero attached hydrogens (tertiary/aromatic N) is 1. The summed E-state index contributed by atoms with van der Waals surface area (Å²) in [5, 5.41) is 2.88. The zero-order valence-corrected chi connectivity index (χ0v) is 13.3. The normalized spacial score (nSPS) is 11.0. The Morgan fingerprint density at radius 3 is 2.86 bits per heavy atom. The number of nitrogens with two attached hydrogens (primary N) is 1. The van der Waals surface area contributed by atoms with Crippen LogP contribution in [0.3, 0.4) is 0 Å². The van der Waals surface area contributed by atoms with Crippen LogP contribution in [0.5, 0.6) is 5.75 Å². The van der Waals surface area contributed by atoms with E-state index in [-0.39, 0.29) is 11.9 Å². The number of nitrogens with one attached hydrogen (secondary N) is 1. The van der Waals surface area contributed by atoms with Gasteiger partial charge in [-0.3, -0.25) is 9.69 Å². The van der Waals surface area contributed by atoms with Crippen LogP contribution in [0.4, 0.5) is 0 Å². The lowest BCUT2D eigenvalue weighted by Crippen LogP contribution is -2.39. The maximum Gasteiger partial charge on any atom is 0.234 e. The Balaban J connectivity index is 2.19. The standard InChI is InChI=1S/C16H27N3O2/c1-13(2)18-16(20)12-19(3)8-5-9-21-15-7-4-6-14(10-15)11-17/h4,6-7,10,13H,5,8-9,11-12,17H2,1-3H3,(H,18,20). The van der Waals surface area contributed by atoms with E-state index in [2.05, 4.69) is 5.32 Å². The average Bonchev–Trinajstić information content (AvgIpc) is 2.43. The Hall–Kier alpha value is -1.59. The van der Waals surface area contributed by atoms with Crippen LogP contribution in [0.15, 0.2) is 24.3 Å². The molecular formula is C16H27N3O2. The summed E-state index contributed by atoms with van der Waals surface area (Å²) in [6.07, 6.45) is 0.873. The molecule has 118 valence electrons. The number of rotatable bonds is 9. The first-order chi connectivity index (χ1) is 10.0. The van der Waals surface area contributed by atoms with Gasteiger partial charge in [-0.05, 0) is 45.0 Å². The average molecular weight is 293 g/mol. The zero-order chi connectivity index (χ0) is 15.7. The second-order valence-corrected chi connectivity index (χ2v) is 5.51. The highest BCUT2D eigenvalue weighted by Crippen LogP contribution is 2.12. The highest BCUT2D eigenvalue weighted by atomic mass is 16.5. The number of hydrogen-bond acceptors (Lipinski definition) is 4. The lowest BCUT2D eigenvalue weighted by Gasteiger charge is -2.17. The van der Waals surface area contributed by atoms with Gasteiger partial charge in [-0.2, -0.15) is 0 Å². The predicted molar refractivity (Wildman–Crippen MR) is 85.2 cm³/mol. The lowest BCUT2D eigenvalue weighted by molar-refractivity contribution is -0.122. The maximum absolute atomic E-state index is 11.6. The molecule has 0 bridgehead atoms. The second-order valence-electron chi connectivity index (χ2n) is 5.51. The Kier molecular flexibility index (Phi) is 7.79. The lowest BCUT2D eigenvalue weighted by atomic mass is 10.2. The fraction of sp³-hybridized carbons (Fsp3) is 0.562. The molecule has 0 spiro atoms. The van der Waals surface area contributed by atoms with E-state index in [0.717, 1.165) is 24.3 Å². The van der Waals surface area contributed by atoms with Crippen molar-refractivity contribution < 1.29 is 9.53 Å². The molecule has 0 heterocycles. The summed E-state index contributed by atoms with van der Waals surface area (Å²) >= 11 is 0. The molecule has 1 amide bonds. The van der Waals surface area contributed by atoms with Crippen LogP contribution < -0.4 is 15.8 Å². The Morgan fingerprint density at radius 1 is 1.43 bits per heavy atom. The van der Waals surface area contributed by atoms with Crippen molar-refractivity contribution in [3.05, 3.63) is 29.8 Å². The molecule has 0 atom stereocenters. The van der Waals surface area contributed by atoms with E-state index in [4.69, 9.17) is 10.5 Å². The van der Waals surface area contributed by atoms with Crippen molar-refractivity contribution in [2.24, 2.45) is 5.73 Å². The number of ether oxygens (including phenoxy) is 1. The molecule has 5 nitrogen and oxygen atoms in total. The summed E-state index contributed by atoms with van der Waals surface area (Å²) in [6, 6.07) is 8.00. The van der Waals surface area contributed by atoms with Gasteiger partial charge in [0.05, 0.1) is 13.2 Å². The number of carbonyl (C=O) groups is 1. The number of amides is 1. The SMILES string of the molecule is CC(C)NC(=O)CN(C)CCCOc1cccc(CN)c1. The molecular weight excluding hydrogens is 266 g/mol. The molecule has 21 heavy (non-hydrogen) atoms. The molecule has 0 aliphatic heterocycles. The van der Waals surface area contributed by atoms with Crippen molar-refractivity contribution in [1.29, 1.82) is 0 Å². The molecule has 0 fully saturated rings. The monoisotopic (exact) mass is 293 g/mol. The molecule has 1 aromatic rings. The van der Waals surface area contributed by atoms with Gasteiger partial charge < -0.3 is 15.8 Å². The third-order valence-corrected chi connectivity index (χ3v) is 2.95. The van der Waals surface area contributed by atoms with E-state index in [1.54, 1.807) is 0 Å². The number of carbonyl (C=O) groups excluding carboxylic acids is 1. The topological polar surface area (TPSA) is 67.6 Å². The molecule has 3 N–H and O–H groups in total. The number of benzene rings is 1. The van der Waals surface area contributed by atoms with Crippen LogP contribution in [0.25, 0.3) is 0 Å². The molecule has 0 unspecified atom stereocenters. The van der Waals surface area contributed by atoms with Crippen molar-refractivity contribution >= 4 is 5.91 Å². The molecule has 0 saturated heterocycles. The van der Waals surface area contributed by atoms with Crippen molar-refractivity contribution in [3.63, 3.8) is 0 Å². The van der Waals surface area contributed by atoms with Crippen LogP contribution >= 0.6 is 0 Å². The summed E-state index contributed by atoms with van der Waals surface area (Å²) < 4.78 is 5.69. The largest absolute Gasteiger partial charge is 0.494 e. The molecule has 0 aromatic heterocycles. The third kappa shape index (κ3) is 7.68. The quantitative estimate of drug-likeness (QED) is 0.675. The summed E-state index contributed by atoms with van der Waals surface area (Å²) in [4.78, 5) is 13.6. The van der Waals surface area contributed by atoms with Crippen LogP contribution in [0.2, 0.25) is 0 Å². The van der Waals surface area contributed by atoms with Crippen LogP contribution in [-0.2, 0) is 11.3 Å². The van der Waals surface area contributed by atoms with E-state index in [1.807, 2.05) is 50.1 Å². The van der Waals surface area contributed by atoms with E-state index in [9.17, 15) is 4.79 Å². The van der Waals surface area contributed by atoms with E-state index < -0.39 is 0 Å². The molecule has 5 heteroatoms. The van der Waals surface area contributed by atoms with Gasteiger partial charge in [0.1, 0.15) is 5.75 Å². The molecule has 1 aromatic carbocycles. The Labute approximate surface area is 127 Å². The van der Waals surface area contributed by atoms with Gasteiger partial charge >= 0.3 is 0 Å². The van der Waals surface area contributed by atoms with Crippen LogP contribution in [0.1, 0.15) is 25.8 Å². The minimum Gasteiger partial charge on any atom is -0.494 e. The Morgan fingerprint density at radius 2 is 2.19 bits per heavy atom. The highest BCUT2D eigenvalue weighted by molar-refractivity contribution is 5.78. The van der Waals surface area contributed by atoms with Crippen LogP contribution in [-0.4, -0.2) is 43.6 Å². The van der Waals surface area contributed by atoms with Crippen molar-refractivity contribution in [1.82, 2.24) is 10.2 Å². The van der Waals surface area contributed by atoms with E-state index >= 15 is 0 Å². The maximum atomic E-state index is 11.6. The van der Waals surface area contributed by atoms with Gasteiger partial charge in [0, 0.05) is 19.1 Å². The second kappa shape index (κ2) is 9.37. The molecule has 0 aliphatic carbocycles. The Bertz CT molecular complexity index is 435. The first-order valence-electron chi connectivity index (χ1n) is 7.41. The van der Waals surface area contributed by atoms with Gasteiger partial charge in [0.25, 0.3) is 0 Å². The van der Waals surface area contributed by atoms with Gasteiger partial charge in [0.15, 0.2) is 0 Å². The van der Waals surface area contributed by atoms with Gasteiger partial charge in [-0.25, -0.2) is 0 Å². The minimum absolute atomic E-state index is 0.0593. The molecule has 0 saturated carbocycles. The number of likely N-dealkylation sites (N-methyl/N-ethyl adjacent to an activating group) is 1. The van der Waals surface area contributed by atoms with Crippen LogP contribution in [0, 0.1) is 0 Å². The fourth-order valence-electron chi connectivity index (χ4n) is 1.98. The van der Waals surface area contributed by atoms with E-state index in [1.165, 1.54) is 0 Å². The summed E-state index contributed by atoms with van der Waals surface area (Å²) in [5.74, 6) is 0.905. The van der Waals surface area contributed by atoms with Crippen molar-refractivity contribution in [2.45, 2.75) is 32.9 Å². The van der Waals surface area contributed by atoms with Crippen molar-refractivity contribution in [3.8, 4) is 5.75 Å². The number of hydrogen-bond donors (Lipinski definition) is 2. The first kappa shape index (κ1) is 17.5. The van der Waals surface area contributed by atoms with Gasteiger partial charge in [0.2, 0.25) is 5.91 Å². The predicted octanol–water partition coefficient (Wildman–Crippen LogP) is 1.37. The van der Waals surface area contributed by atoms with Gasteiger partial charge in [-0.1, -0.05) is 12.1 Å². The summed E-state index contributed by atoms with van der Waals surface area (Å²) in [6.45, 7) is 6.31. The fourth-order valence-corrected chi connectivity index (χ4v) is 1.98. The summed E-state index contributed by atoms with van der Waals surface area (Å²) in [7, 11) is 1.94. The van der Waals surface area contributed by atoms with Crippen molar-refractivity contribution in [2.75, 3.05) is 26.7 Å². The molecule has 1 rings (SSSR count). The smallest absolute Gasteiger partial charge is 0.234 e. The van der Waals surface area contributed by atoms with E-state index in [0.29, 0.717) is 19.7 Å². The zero-order valence-electron chi connectivity index (χ0n) is 13.3. The minimum atomic E-state index is 0.0593. The molecule has 0 radical (unpaired) electrons. The first-order valence-corrected chi connectivity index (χ1v) is 7.41. The third-order valence-electron chi connectivity index (χ3n) is 2.95. The van der Waals surface area contributed by atoms with Gasteiger partial charge in [-0.15, -0.1) is 0 Å². The highest BCUT2D eigenvalue weighted by Gasteiger charge is 2.07. The molecule has 0 aliphatic rings.